The molecule has 8 heteroatoms. The number of aromatic nitrogens is 4. The van der Waals surface area contributed by atoms with E-state index in [9.17, 15) is 4.79 Å². The van der Waals surface area contributed by atoms with Crippen molar-refractivity contribution < 1.29 is 4.79 Å². The Balaban J connectivity index is 2.24. The SMILES string of the molecule is CCNc1nc(NCC(C)(C)C(=O)NC)c2cn[nH]c2n1. The smallest absolute Gasteiger partial charge is 0.227 e. The maximum Gasteiger partial charge on any atom is 0.227 e. The average Bonchev–Trinajstić information content (AvgIpc) is 2.92. The van der Waals surface area contributed by atoms with E-state index in [-0.39, 0.29) is 5.91 Å². The van der Waals surface area contributed by atoms with E-state index in [1.54, 1.807) is 13.2 Å². The molecule has 0 unspecified atom stereocenters. The molecule has 0 aliphatic rings. The molecule has 0 aliphatic heterocycles. The second-order valence-electron chi connectivity index (χ2n) is 5.37. The fraction of sp³-hybridized carbons (Fsp3) is 0.538. The van der Waals surface area contributed by atoms with E-state index in [2.05, 4.69) is 36.1 Å². The summed E-state index contributed by atoms with van der Waals surface area (Å²) in [5.41, 5.74) is 0.106. The highest BCUT2D eigenvalue weighted by Gasteiger charge is 2.26. The number of amides is 1. The van der Waals surface area contributed by atoms with E-state index in [4.69, 9.17) is 0 Å². The predicted molar refractivity (Wildman–Crippen MR) is 82.2 cm³/mol. The minimum atomic E-state index is -0.548. The maximum absolute atomic E-state index is 11.8. The van der Waals surface area contributed by atoms with Gasteiger partial charge in [0.1, 0.15) is 5.82 Å². The van der Waals surface area contributed by atoms with E-state index < -0.39 is 5.41 Å². The molecule has 2 aromatic heterocycles. The minimum absolute atomic E-state index is 0.0283. The van der Waals surface area contributed by atoms with Crippen molar-refractivity contribution in [2.24, 2.45) is 5.41 Å². The molecule has 114 valence electrons. The van der Waals surface area contributed by atoms with Gasteiger partial charge in [-0.05, 0) is 20.8 Å². The summed E-state index contributed by atoms with van der Waals surface area (Å²) in [6, 6.07) is 0. The van der Waals surface area contributed by atoms with Gasteiger partial charge in [-0.2, -0.15) is 15.1 Å². The molecule has 0 aliphatic carbocycles. The van der Waals surface area contributed by atoms with E-state index in [1.165, 1.54) is 0 Å². The van der Waals surface area contributed by atoms with Gasteiger partial charge in [-0.15, -0.1) is 0 Å². The Hall–Kier alpha value is -2.38. The summed E-state index contributed by atoms with van der Waals surface area (Å²) in [6.07, 6.45) is 1.67. The van der Waals surface area contributed by atoms with Crippen molar-refractivity contribution in [2.45, 2.75) is 20.8 Å². The number of anilines is 2. The third-order valence-electron chi connectivity index (χ3n) is 3.18. The second kappa shape index (κ2) is 5.94. The average molecular weight is 291 g/mol. The summed E-state index contributed by atoms with van der Waals surface area (Å²) in [5.74, 6) is 1.15. The summed E-state index contributed by atoms with van der Waals surface area (Å²) < 4.78 is 0. The molecular weight excluding hydrogens is 270 g/mol. The highest BCUT2D eigenvalue weighted by atomic mass is 16.2. The molecule has 8 nitrogen and oxygen atoms in total. The van der Waals surface area contributed by atoms with Crippen LogP contribution < -0.4 is 16.0 Å². The molecule has 0 aromatic carbocycles. The number of H-pyrrole nitrogens is 1. The Bertz CT molecular complexity index is 634. The lowest BCUT2D eigenvalue weighted by Gasteiger charge is -2.23. The molecule has 1 amide bonds. The second-order valence-corrected chi connectivity index (χ2v) is 5.37. The van der Waals surface area contributed by atoms with Gasteiger partial charge in [0.2, 0.25) is 11.9 Å². The normalized spacial score (nSPS) is 11.4. The fourth-order valence-electron chi connectivity index (χ4n) is 1.93. The number of carbonyl (C=O) groups excluding carboxylic acids is 1. The van der Waals surface area contributed by atoms with Gasteiger partial charge in [0.15, 0.2) is 5.65 Å². The highest BCUT2D eigenvalue weighted by molar-refractivity contribution is 5.87. The zero-order chi connectivity index (χ0) is 15.5. The lowest BCUT2D eigenvalue weighted by Crippen LogP contribution is -2.39. The van der Waals surface area contributed by atoms with Gasteiger partial charge in [0.05, 0.1) is 17.0 Å². The summed E-state index contributed by atoms with van der Waals surface area (Å²) in [4.78, 5) is 20.6. The first-order chi connectivity index (χ1) is 9.97. The van der Waals surface area contributed by atoms with E-state index in [0.29, 0.717) is 24.0 Å². The number of hydrogen-bond acceptors (Lipinski definition) is 6. The van der Waals surface area contributed by atoms with Crippen LogP contribution in [0.2, 0.25) is 0 Å². The number of rotatable bonds is 6. The molecule has 0 saturated carbocycles. The van der Waals surface area contributed by atoms with Crippen molar-refractivity contribution in [3.8, 4) is 0 Å². The lowest BCUT2D eigenvalue weighted by atomic mass is 9.92. The summed E-state index contributed by atoms with van der Waals surface area (Å²) in [6.45, 7) is 6.90. The van der Waals surface area contributed by atoms with Crippen LogP contribution in [0.5, 0.6) is 0 Å². The molecule has 0 radical (unpaired) electrons. The van der Waals surface area contributed by atoms with Crippen molar-refractivity contribution in [1.82, 2.24) is 25.5 Å². The Morgan fingerprint density at radius 1 is 1.33 bits per heavy atom. The zero-order valence-corrected chi connectivity index (χ0v) is 12.7. The molecule has 21 heavy (non-hydrogen) atoms. The maximum atomic E-state index is 11.8. The number of fused-ring (bicyclic) bond motifs is 1. The minimum Gasteiger partial charge on any atom is -0.368 e. The van der Waals surface area contributed by atoms with E-state index in [1.807, 2.05) is 20.8 Å². The summed E-state index contributed by atoms with van der Waals surface area (Å²) >= 11 is 0. The highest BCUT2D eigenvalue weighted by Crippen LogP contribution is 2.22. The van der Waals surface area contributed by atoms with Crippen molar-refractivity contribution in [3.05, 3.63) is 6.20 Å². The number of aromatic amines is 1. The van der Waals surface area contributed by atoms with Gasteiger partial charge in [0.25, 0.3) is 0 Å². The first-order valence-electron chi connectivity index (χ1n) is 6.89. The number of carbonyl (C=O) groups is 1. The largest absolute Gasteiger partial charge is 0.368 e. The van der Waals surface area contributed by atoms with Crippen LogP contribution in [0.1, 0.15) is 20.8 Å². The van der Waals surface area contributed by atoms with Crippen LogP contribution in [0.15, 0.2) is 6.20 Å². The van der Waals surface area contributed by atoms with Gasteiger partial charge in [-0.25, -0.2) is 0 Å². The molecule has 0 spiro atoms. The fourth-order valence-corrected chi connectivity index (χ4v) is 1.93. The van der Waals surface area contributed by atoms with Gasteiger partial charge in [-0.3, -0.25) is 9.89 Å². The quantitative estimate of drug-likeness (QED) is 0.631. The van der Waals surface area contributed by atoms with E-state index in [0.717, 1.165) is 11.9 Å². The zero-order valence-electron chi connectivity index (χ0n) is 12.7. The Morgan fingerprint density at radius 2 is 2.10 bits per heavy atom. The molecule has 2 aromatic rings. The monoisotopic (exact) mass is 291 g/mol. The summed E-state index contributed by atoms with van der Waals surface area (Å²) in [5, 5.41) is 16.6. The van der Waals surface area contributed by atoms with Crippen LogP contribution >= 0.6 is 0 Å². The predicted octanol–water partition coefficient (Wildman–Crippen LogP) is 0.969. The van der Waals surface area contributed by atoms with Crippen LogP contribution in [0.3, 0.4) is 0 Å². The Labute approximate surface area is 123 Å². The van der Waals surface area contributed by atoms with Crippen LogP contribution in [-0.4, -0.2) is 46.2 Å². The standard InChI is InChI=1S/C13H21N7O/c1-5-15-12-18-9(8-6-17-20-10(8)19-12)16-7-13(2,3)11(21)14-4/h6H,5,7H2,1-4H3,(H,14,21)(H3,15,16,17,18,19,20). The van der Waals surface area contributed by atoms with Crippen molar-refractivity contribution in [1.29, 1.82) is 0 Å². The Morgan fingerprint density at radius 3 is 2.76 bits per heavy atom. The third-order valence-corrected chi connectivity index (χ3v) is 3.18. The van der Waals surface area contributed by atoms with Crippen molar-refractivity contribution in [3.63, 3.8) is 0 Å². The van der Waals surface area contributed by atoms with Gasteiger partial charge < -0.3 is 16.0 Å². The number of nitrogens with one attached hydrogen (secondary N) is 4. The van der Waals surface area contributed by atoms with E-state index >= 15 is 0 Å². The summed E-state index contributed by atoms with van der Waals surface area (Å²) in [7, 11) is 1.63. The van der Waals surface area contributed by atoms with Crippen molar-refractivity contribution in [2.75, 3.05) is 30.8 Å². The van der Waals surface area contributed by atoms with Gasteiger partial charge in [-0.1, -0.05) is 0 Å². The van der Waals surface area contributed by atoms with Crippen LogP contribution in [0, 0.1) is 5.41 Å². The molecule has 0 saturated heterocycles. The van der Waals surface area contributed by atoms with Crippen LogP contribution in [0.4, 0.5) is 11.8 Å². The third kappa shape index (κ3) is 3.21. The van der Waals surface area contributed by atoms with Crippen LogP contribution in [-0.2, 0) is 4.79 Å². The van der Waals surface area contributed by atoms with Crippen molar-refractivity contribution >= 4 is 28.7 Å². The van der Waals surface area contributed by atoms with Gasteiger partial charge in [0, 0.05) is 20.1 Å². The Kier molecular flexibility index (Phi) is 4.25. The molecular formula is C13H21N7O. The number of hydrogen-bond donors (Lipinski definition) is 4. The first kappa shape index (κ1) is 15.0. The van der Waals surface area contributed by atoms with Crippen LogP contribution in [0.25, 0.3) is 11.0 Å². The van der Waals surface area contributed by atoms with Gasteiger partial charge >= 0.3 is 0 Å². The lowest BCUT2D eigenvalue weighted by molar-refractivity contribution is -0.128. The molecule has 2 rings (SSSR count). The first-order valence-corrected chi connectivity index (χ1v) is 6.89. The number of nitrogens with zero attached hydrogens (tertiary/aromatic N) is 3. The molecule has 0 fully saturated rings. The molecule has 2 heterocycles. The molecule has 0 atom stereocenters. The molecule has 0 bridgehead atoms. The topological polar surface area (TPSA) is 108 Å². The molecule has 4 N–H and O–H groups in total.